The summed E-state index contributed by atoms with van der Waals surface area (Å²) in [5, 5.41) is 2.87. The Morgan fingerprint density at radius 3 is 2.36 bits per heavy atom. The molecular formula is C22H27FN2O3. The average Bonchev–Trinajstić information content (AvgIpc) is 2.72. The van der Waals surface area contributed by atoms with Crippen molar-refractivity contribution >= 4 is 11.8 Å². The molecule has 0 radical (unpaired) electrons. The molecule has 28 heavy (non-hydrogen) atoms. The van der Waals surface area contributed by atoms with Gasteiger partial charge in [-0.05, 0) is 42.7 Å². The van der Waals surface area contributed by atoms with Crippen LogP contribution < -0.4 is 10.1 Å². The van der Waals surface area contributed by atoms with Gasteiger partial charge in [-0.1, -0.05) is 44.2 Å². The van der Waals surface area contributed by atoms with Crippen LogP contribution in [0.1, 0.15) is 32.3 Å². The minimum absolute atomic E-state index is 0.171. The first-order chi connectivity index (χ1) is 13.5. The molecule has 2 rings (SSSR count). The summed E-state index contributed by atoms with van der Waals surface area (Å²) >= 11 is 0. The van der Waals surface area contributed by atoms with Gasteiger partial charge in [-0.2, -0.15) is 0 Å². The van der Waals surface area contributed by atoms with Gasteiger partial charge < -0.3 is 15.0 Å². The van der Waals surface area contributed by atoms with Crippen molar-refractivity contribution in [1.29, 1.82) is 0 Å². The number of carbonyl (C=O) groups is 2. The van der Waals surface area contributed by atoms with E-state index in [-0.39, 0.29) is 24.2 Å². The van der Waals surface area contributed by atoms with Gasteiger partial charge in [-0.25, -0.2) is 4.39 Å². The smallest absolute Gasteiger partial charge is 0.261 e. The third-order valence-corrected chi connectivity index (χ3v) is 4.31. The van der Waals surface area contributed by atoms with Gasteiger partial charge in [-0.3, -0.25) is 9.59 Å². The first kappa shape index (κ1) is 21.4. The van der Waals surface area contributed by atoms with E-state index in [4.69, 9.17) is 4.74 Å². The summed E-state index contributed by atoms with van der Waals surface area (Å²) < 4.78 is 18.5. The first-order valence-corrected chi connectivity index (χ1v) is 9.54. The van der Waals surface area contributed by atoms with Gasteiger partial charge in [0, 0.05) is 13.1 Å². The largest absolute Gasteiger partial charge is 0.484 e. The molecule has 0 aromatic heterocycles. The normalized spacial score (nSPS) is 11.5. The molecule has 0 aliphatic rings. The molecule has 2 aromatic rings. The number of hydrogen-bond acceptors (Lipinski definition) is 3. The van der Waals surface area contributed by atoms with Crippen LogP contribution in [0.5, 0.6) is 5.75 Å². The number of carbonyl (C=O) groups excluding carboxylic acids is 2. The minimum atomic E-state index is -0.587. The van der Waals surface area contributed by atoms with Crippen LogP contribution in [0.15, 0.2) is 54.6 Å². The fraction of sp³-hybridized carbons (Fsp3) is 0.364. The van der Waals surface area contributed by atoms with E-state index in [0.717, 1.165) is 12.0 Å². The van der Waals surface area contributed by atoms with Crippen molar-refractivity contribution in [2.75, 3.05) is 13.2 Å². The highest BCUT2D eigenvalue weighted by atomic mass is 19.1. The number of nitrogens with zero attached hydrogens (tertiary/aromatic N) is 1. The van der Waals surface area contributed by atoms with Crippen molar-refractivity contribution in [3.05, 3.63) is 66.0 Å². The quantitative estimate of drug-likeness (QED) is 0.680. The molecule has 1 atom stereocenters. The van der Waals surface area contributed by atoms with E-state index in [9.17, 15) is 14.0 Å². The Balaban J connectivity index is 2.14. The van der Waals surface area contributed by atoms with Crippen molar-refractivity contribution < 1.29 is 18.7 Å². The summed E-state index contributed by atoms with van der Waals surface area (Å²) in [6, 6.07) is 14.4. The van der Waals surface area contributed by atoms with E-state index in [1.165, 1.54) is 24.3 Å². The third kappa shape index (κ3) is 6.37. The van der Waals surface area contributed by atoms with Crippen molar-refractivity contribution in [3.8, 4) is 5.75 Å². The Bertz CT molecular complexity index is 750. The van der Waals surface area contributed by atoms with Crippen LogP contribution in [0.2, 0.25) is 0 Å². The Kier molecular flexibility index (Phi) is 8.46. The van der Waals surface area contributed by atoms with Gasteiger partial charge >= 0.3 is 0 Å². The number of ether oxygens (including phenoxy) is 1. The lowest BCUT2D eigenvalue weighted by Gasteiger charge is -2.30. The summed E-state index contributed by atoms with van der Waals surface area (Å²) in [5.41, 5.74) is 0.930. The summed E-state index contributed by atoms with van der Waals surface area (Å²) in [7, 11) is 0. The van der Waals surface area contributed by atoms with Crippen LogP contribution in [-0.4, -0.2) is 35.9 Å². The predicted octanol–water partition coefficient (Wildman–Crippen LogP) is 3.54. The summed E-state index contributed by atoms with van der Waals surface area (Å²) in [4.78, 5) is 27.1. The molecule has 0 aliphatic carbocycles. The monoisotopic (exact) mass is 386 g/mol. The molecule has 2 amide bonds. The zero-order valence-electron chi connectivity index (χ0n) is 16.4. The maximum absolute atomic E-state index is 13.0. The van der Waals surface area contributed by atoms with Gasteiger partial charge in [0.15, 0.2) is 6.61 Å². The Hall–Kier alpha value is -2.89. The predicted molar refractivity (Wildman–Crippen MR) is 106 cm³/mol. The molecule has 0 aliphatic heterocycles. The summed E-state index contributed by atoms with van der Waals surface area (Å²) in [5.74, 6) is -0.442. The van der Waals surface area contributed by atoms with Gasteiger partial charge in [0.1, 0.15) is 17.6 Å². The molecule has 0 bridgehead atoms. The molecule has 0 fully saturated rings. The van der Waals surface area contributed by atoms with E-state index in [2.05, 4.69) is 5.32 Å². The van der Waals surface area contributed by atoms with Crippen molar-refractivity contribution in [1.82, 2.24) is 10.2 Å². The molecule has 2 aromatic carbocycles. The number of nitrogens with one attached hydrogen (secondary N) is 1. The highest BCUT2D eigenvalue weighted by Gasteiger charge is 2.28. The topological polar surface area (TPSA) is 58.6 Å². The second-order valence-corrected chi connectivity index (χ2v) is 6.46. The van der Waals surface area contributed by atoms with E-state index >= 15 is 0 Å². The number of hydrogen-bond donors (Lipinski definition) is 1. The lowest BCUT2D eigenvalue weighted by Crippen LogP contribution is -2.50. The van der Waals surface area contributed by atoms with Gasteiger partial charge in [-0.15, -0.1) is 0 Å². The Morgan fingerprint density at radius 2 is 1.75 bits per heavy atom. The second-order valence-electron chi connectivity index (χ2n) is 6.46. The van der Waals surface area contributed by atoms with Crippen molar-refractivity contribution in [2.24, 2.45) is 0 Å². The van der Waals surface area contributed by atoms with Gasteiger partial charge in [0.05, 0.1) is 0 Å². The van der Waals surface area contributed by atoms with Gasteiger partial charge in [0.2, 0.25) is 5.91 Å². The molecule has 1 N–H and O–H groups in total. The maximum atomic E-state index is 13.0. The zero-order chi connectivity index (χ0) is 20.4. The minimum Gasteiger partial charge on any atom is -0.484 e. The number of rotatable bonds is 10. The Labute approximate surface area is 165 Å². The molecule has 0 saturated carbocycles. The summed E-state index contributed by atoms with van der Waals surface area (Å²) in [6.45, 7) is 4.50. The lowest BCUT2D eigenvalue weighted by atomic mass is 10.1. The van der Waals surface area contributed by atoms with Crippen molar-refractivity contribution in [2.45, 2.75) is 39.3 Å². The molecule has 0 saturated heterocycles. The second kappa shape index (κ2) is 11.1. The molecule has 0 spiro atoms. The van der Waals surface area contributed by atoms with E-state index in [1.54, 1.807) is 4.90 Å². The van der Waals surface area contributed by atoms with Crippen LogP contribution in [-0.2, 0) is 16.1 Å². The number of amides is 2. The zero-order valence-corrected chi connectivity index (χ0v) is 16.4. The SMILES string of the molecule is CCCNC(=O)C(CC)N(Cc1ccccc1)C(=O)COc1ccc(F)cc1. The number of halogens is 1. The molecule has 150 valence electrons. The first-order valence-electron chi connectivity index (χ1n) is 9.54. The molecular weight excluding hydrogens is 359 g/mol. The van der Waals surface area contributed by atoms with Crippen LogP contribution in [0.3, 0.4) is 0 Å². The highest BCUT2D eigenvalue weighted by Crippen LogP contribution is 2.15. The highest BCUT2D eigenvalue weighted by molar-refractivity contribution is 5.88. The molecule has 0 heterocycles. The fourth-order valence-electron chi connectivity index (χ4n) is 2.82. The van der Waals surface area contributed by atoms with E-state index < -0.39 is 6.04 Å². The standard InChI is InChI=1S/C22H27FN2O3/c1-3-14-24-22(27)20(4-2)25(15-17-8-6-5-7-9-17)21(26)16-28-19-12-10-18(23)11-13-19/h5-13,20H,3-4,14-16H2,1-2H3,(H,24,27). The number of benzene rings is 2. The average molecular weight is 386 g/mol. The maximum Gasteiger partial charge on any atom is 0.261 e. The van der Waals surface area contributed by atoms with E-state index in [1.807, 2.05) is 44.2 Å². The molecule has 6 heteroatoms. The molecule has 5 nitrogen and oxygen atoms in total. The third-order valence-electron chi connectivity index (χ3n) is 4.31. The Morgan fingerprint density at radius 1 is 1.07 bits per heavy atom. The van der Waals surface area contributed by atoms with E-state index in [0.29, 0.717) is 25.3 Å². The van der Waals surface area contributed by atoms with Gasteiger partial charge in [0.25, 0.3) is 5.91 Å². The van der Waals surface area contributed by atoms with Crippen molar-refractivity contribution in [3.63, 3.8) is 0 Å². The summed E-state index contributed by atoms with van der Waals surface area (Å²) in [6.07, 6.45) is 1.31. The van der Waals surface area contributed by atoms with Crippen LogP contribution >= 0.6 is 0 Å². The van der Waals surface area contributed by atoms with Crippen LogP contribution in [0, 0.1) is 5.82 Å². The van der Waals surface area contributed by atoms with Crippen LogP contribution in [0.4, 0.5) is 4.39 Å². The van der Waals surface area contributed by atoms with Crippen LogP contribution in [0.25, 0.3) is 0 Å². The molecule has 1 unspecified atom stereocenters. The lowest BCUT2D eigenvalue weighted by molar-refractivity contribution is -0.143. The fourth-order valence-corrected chi connectivity index (χ4v) is 2.82.